The van der Waals surface area contributed by atoms with Gasteiger partial charge in [-0.3, -0.25) is 14.9 Å². The fraction of sp³-hybridized carbons (Fsp3) is 0.111. The predicted molar refractivity (Wildman–Crippen MR) is 99.4 cm³/mol. The van der Waals surface area contributed by atoms with Gasteiger partial charge in [0.05, 0.1) is 28.1 Å². The highest BCUT2D eigenvalue weighted by molar-refractivity contribution is 6.30. The standard InChI is InChI=1S/C18H12ClF3N4O3/c1-10-5-6-13(26(28)29)8-15(10)24-17(27)14-9-23-25(16(14)18(20,21)22)12-4-2-3-11(19)7-12/h2-9H,1H3,(H,24,27). The number of rotatable bonds is 4. The van der Waals surface area contributed by atoms with Crippen LogP contribution in [0, 0.1) is 17.0 Å². The van der Waals surface area contributed by atoms with E-state index in [2.05, 4.69) is 10.4 Å². The summed E-state index contributed by atoms with van der Waals surface area (Å²) in [6.07, 6.45) is -4.12. The Bertz CT molecular complexity index is 1110. The molecule has 1 aromatic heterocycles. The van der Waals surface area contributed by atoms with E-state index in [0.717, 1.165) is 12.3 Å². The molecule has 29 heavy (non-hydrogen) atoms. The van der Waals surface area contributed by atoms with Gasteiger partial charge in [-0.2, -0.15) is 18.3 Å². The number of hydrogen-bond donors (Lipinski definition) is 1. The molecule has 0 bridgehead atoms. The number of benzene rings is 2. The summed E-state index contributed by atoms with van der Waals surface area (Å²) in [5.41, 5.74) is -1.84. The van der Waals surface area contributed by atoms with Crippen molar-refractivity contribution < 1.29 is 22.9 Å². The van der Waals surface area contributed by atoms with E-state index in [4.69, 9.17) is 11.6 Å². The molecule has 150 valence electrons. The van der Waals surface area contributed by atoms with E-state index >= 15 is 0 Å². The number of aromatic nitrogens is 2. The molecule has 0 saturated carbocycles. The molecule has 0 atom stereocenters. The summed E-state index contributed by atoms with van der Waals surface area (Å²) >= 11 is 5.84. The summed E-state index contributed by atoms with van der Waals surface area (Å²) in [5, 5.41) is 17.1. The molecule has 1 heterocycles. The molecule has 1 amide bonds. The van der Waals surface area contributed by atoms with Crippen LogP contribution in [0.3, 0.4) is 0 Å². The summed E-state index contributed by atoms with van der Waals surface area (Å²) in [7, 11) is 0. The van der Waals surface area contributed by atoms with Crippen molar-refractivity contribution in [3.8, 4) is 5.69 Å². The first-order valence-electron chi connectivity index (χ1n) is 8.05. The SMILES string of the molecule is Cc1ccc([N+](=O)[O-])cc1NC(=O)c1cnn(-c2cccc(Cl)c2)c1C(F)(F)F. The van der Waals surface area contributed by atoms with Gasteiger partial charge in [0.2, 0.25) is 0 Å². The summed E-state index contributed by atoms with van der Waals surface area (Å²) in [4.78, 5) is 22.8. The molecule has 1 N–H and O–H groups in total. The van der Waals surface area contributed by atoms with E-state index < -0.39 is 28.3 Å². The highest BCUT2D eigenvalue weighted by Crippen LogP contribution is 2.34. The van der Waals surface area contributed by atoms with Gasteiger partial charge in [-0.05, 0) is 30.7 Å². The number of nitro groups is 1. The second-order valence-corrected chi connectivity index (χ2v) is 6.44. The van der Waals surface area contributed by atoms with Gasteiger partial charge in [-0.15, -0.1) is 0 Å². The van der Waals surface area contributed by atoms with E-state index in [9.17, 15) is 28.1 Å². The van der Waals surface area contributed by atoms with Gasteiger partial charge in [0.25, 0.3) is 11.6 Å². The lowest BCUT2D eigenvalue weighted by Gasteiger charge is -2.13. The normalized spacial score (nSPS) is 11.3. The molecule has 0 fully saturated rings. The van der Waals surface area contributed by atoms with Crippen molar-refractivity contribution in [3.63, 3.8) is 0 Å². The lowest BCUT2D eigenvalue weighted by atomic mass is 10.1. The second-order valence-electron chi connectivity index (χ2n) is 6.01. The first kappa shape index (κ1) is 20.3. The van der Waals surface area contributed by atoms with E-state index in [0.29, 0.717) is 10.2 Å². The van der Waals surface area contributed by atoms with Crippen molar-refractivity contribution in [3.05, 3.63) is 80.6 Å². The molecule has 0 saturated heterocycles. The average molecular weight is 425 g/mol. The van der Waals surface area contributed by atoms with Crippen molar-refractivity contribution in [1.29, 1.82) is 0 Å². The van der Waals surface area contributed by atoms with Crippen LogP contribution in [0.1, 0.15) is 21.6 Å². The number of aryl methyl sites for hydroxylation is 1. The molecule has 2 aromatic carbocycles. The predicted octanol–water partition coefficient (Wildman–Crippen LogP) is 5.01. The van der Waals surface area contributed by atoms with Gasteiger partial charge in [0.1, 0.15) is 0 Å². The molecular formula is C18H12ClF3N4O3. The smallest absolute Gasteiger partial charge is 0.321 e. The van der Waals surface area contributed by atoms with Crippen molar-refractivity contribution in [2.24, 2.45) is 0 Å². The van der Waals surface area contributed by atoms with Gasteiger partial charge in [-0.1, -0.05) is 23.7 Å². The topological polar surface area (TPSA) is 90.1 Å². The van der Waals surface area contributed by atoms with Gasteiger partial charge < -0.3 is 5.32 Å². The number of nitrogens with one attached hydrogen (secondary N) is 1. The number of carbonyl (C=O) groups excluding carboxylic acids is 1. The Morgan fingerprint density at radius 1 is 1.24 bits per heavy atom. The van der Waals surface area contributed by atoms with Crippen molar-refractivity contribution in [1.82, 2.24) is 9.78 Å². The molecule has 0 unspecified atom stereocenters. The van der Waals surface area contributed by atoms with Crippen LogP contribution >= 0.6 is 11.6 Å². The second kappa shape index (κ2) is 7.55. The highest BCUT2D eigenvalue weighted by atomic mass is 35.5. The quantitative estimate of drug-likeness (QED) is 0.470. The first-order chi connectivity index (χ1) is 13.6. The number of alkyl halides is 3. The molecule has 0 aliphatic rings. The van der Waals surface area contributed by atoms with Crippen LogP contribution in [0.4, 0.5) is 24.5 Å². The van der Waals surface area contributed by atoms with Crippen LogP contribution in [0.2, 0.25) is 5.02 Å². The maximum atomic E-state index is 13.7. The Hall–Kier alpha value is -3.40. The van der Waals surface area contributed by atoms with Crippen LogP contribution in [-0.4, -0.2) is 20.6 Å². The third-order valence-electron chi connectivity index (χ3n) is 4.02. The molecule has 0 spiro atoms. The third-order valence-corrected chi connectivity index (χ3v) is 4.25. The maximum Gasteiger partial charge on any atom is 0.434 e. The van der Waals surface area contributed by atoms with Crippen LogP contribution in [0.15, 0.2) is 48.7 Å². The molecule has 0 radical (unpaired) electrons. The lowest BCUT2D eigenvalue weighted by molar-refractivity contribution is -0.384. The van der Waals surface area contributed by atoms with E-state index in [1.807, 2.05) is 0 Å². The van der Waals surface area contributed by atoms with Crippen molar-refractivity contribution in [2.75, 3.05) is 5.32 Å². The Morgan fingerprint density at radius 3 is 2.59 bits per heavy atom. The zero-order valence-electron chi connectivity index (χ0n) is 14.7. The monoisotopic (exact) mass is 424 g/mol. The van der Waals surface area contributed by atoms with Crippen molar-refractivity contribution >= 4 is 28.9 Å². The minimum Gasteiger partial charge on any atom is -0.321 e. The number of halogens is 4. The van der Waals surface area contributed by atoms with Crippen LogP contribution in [0.5, 0.6) is 0 Å². The van der Waals surface area contributed by atoms with E-state index in [-0.39, 0.29) is 22.1 Å². The Morgan fingerprint density at radius 2 is 1.97 bits per heavy atom. The molecule has 3 aromatic rings. The molecule has 3 rings (SSSR count). The summed E-state index contributed by atoms with van der Waals surface area (Å²) < 4.78 is 41.7. The number of hydrogen-bond acceptors (Lipinski definition) is 4. The van der Waals surface area contributed by atoms with Gasteiger partial charge in [-0.25, -0.2) is 4.68 Å². The molecule has 0 aliphatic carbocycles. The molecule has 7 nitrogen and oxygen atoms in total. The Kier molecular flexibility index (Phi) is 5.29. The van der Waals surface area contributed by atoms with Gasteiger partial charge in [0.15, 0.2) is 5.69 Å². The van der Waals surface area contributed by atoms with E-state index in [1.165, 1.54) is 36.4 Å². The average Bonchev–Trinajstić information content (AvgIpc) is 3.09. The van der Waals surface area contributed by atoms with Crippen LogP contribution in [0.25, 0.3) is 5.69 Å². The van der Waals surface area contributed by atoms with Gasteiger partial charge >= 0.3 is 6.18 Å². The van der Waals surface area contributed by atoms with Crippen LogP contribution < -0.4 is 5.32 Å². The molecular weight excluding hydrogens is 413 g/mol. The fourth-order valence-corrected chi connectivity index (χ4v) is 2.82. The first-order valence-corrected chi connectivity index (χ1v) is 8.43. The lowest BCUT2D eigenvalue weighted by Crippen LogP contribution is -2.21. The number of amides is 1. The maximum absolute atomic E-state index is 13.7. The highest BCUT2D eigenvalue weighted by Gasteiger charge is 2.40. The van der Waals surface area contributed by atoms with Crippen LogP contribution in [-0.2, 0) is 6.18 Å². The van der Waals surface area contributed by atoms with Gasteiger partial charge in [0, 0.05) is 17.2 Å². The summed E-state index contributed by atoms with van der Waals surface area (Å²) in [6.45, 7) is 1.55. The Labute approximate surface area is 166 Å². The number of nitro benzene ring substituents is 1. The Balaban J connectivity index is 2.04. The van der Waals surface area contributed by atoms with E-state index in [1.54, 1.807) is 6.92 Å². The minimum atomic E-state index is -4.90. The third kappa shape index (κ3) is 4.21. The zero-order valence-corrected chi connectivity index (χ0v) is 15.5. The number of nitrogens with zero attached hydrogens (tertiary/aromatic N) is 3. The zero-order chi connectivity index (χ0) is 21.3. The number of carbonyl (C=O) groups is 1. The summed E-state index contributed by atoms with van der Waals surface area (Å²) in [5.74, 6) is -1.10. The number of anilines is 1. The summed E-state index contributed by atoms with van der Waals surface area (Å²) in [6, 6.07) is 9.25. The molecule has 0 aliphatic heterocycles. The number of non-ortho nitro benzene ring substituents is 1. The molecule has 11 heteroatoms. The van der Waals surface area contributed by atoms with Crippen molar-refractivity contribution in [2.45, 2.75) is 13.1 Å². The fourth-order valence-electron chi connectivity index (χ4n) is 2.64. The largest absolute Gasteiger partial charge is 0.434 e. The minimum absolute atomic E-state index is 0.0211.